The second-order valence-electron chi connectivity index (χ2n) is 5.52. The number of carbonyl (C=O) groups excluding carboxylic acids is 1. The number of hydrogen-bond acceptors (Lipinski definition) is 2. The zero-order valence-electron chi connectivity index (χ0n) is 11.3. The molecule has 0 spiro atoms. The van der Waals surface area contributed by atoms with Crippen molar-refractivity contribution in [2.45, 2.75) is 32.2 Å². The van der Waals surface area contributed by atoms with Gasteiger partial charge in [0.05, 0.1) is 6.54 Å². The SMILES string of the molecule is CC1(C)CCNCC(=O)N1CCc1ccccc1. The molecule has 0 atom stereocenters. The maximum absolute atomic E-state index is 12.1. The summed E-state index contributed by atoms with van der Waals surface area (Å²) in [4.78, 5) is 14.1. The highest BCUT2D eigenvalue weighted by molar-refractivity contribution is 5.79. The lowest BCUT2D eigenvalue weighted by Gasteiger charge is -2.37. The van der Waals surface area contributed by atoms with Gasteiger partial charge >= 0.3 is 0 Å². The van der Waals surface area contributed by atoms with Gasteiger partial charge in [0, 0.05) is 12.1 Å². The average Bonchev–Trinajstić information content (AvgIpc) is 2.47. The van der Waals surface area contributed by atoms with Crippen molar-refractivity contribution in [3.8, 4) is 0 Å². The summed E-state index contributed by atoms with van der Waals surface area (Å²) in [5.41, 5.74) is 1.24. The summed E-state index contributed by atoms with van der Waals surface area (Å²) in [5.74, 6) is 0.216. The molecule has 0 radical (unpaired) electrons. The minimum atomic E-state index is -0.0463. The van der Waals surface area contributed by atoms with Crippen LogP contribution in [0.15, 0.2) is 30.3 Å². The van der Waals surface area contributed by atoms with Crippen molar-refractivity contribution >= 4 is 5.91 Å². The van der Waals surface area contributed by atoms with Gasteiger partial charge in [-0.3, -0.25) is 4.79 Å². The van der Waals surface area contributed by atoms with Crippen LogP contribution in [0.2, 0.25) is 0 Å². The van der Waals surface area contributed by atoms with Gasteiger partial charge in [-0.15, -0.1) is 0 Å². The van der Waals surface area contributed by atoms with Crippen LogP contribution in [0, 0.1) is 0 Å². The Hall–Kier alpha value is -1.35. The van der Waals surface area contributed by atoms with Gasteiger partial charge in [0.25, 0.3) is 0 Å². The Labute approximate surface area is 109 Å². The zero-order valence-corrected chi connectivity index (χ0v) is 11.3. The first-order valence-corrected chi connectivity index (χ1v) is 6.65. The van der Waals surface area contributed by atoms with Crippen LogP contribution >= 0.6 is 0 Å². The van der Waals surface area contributed by atoms with Gasteiger partial charge in [-0.05, 0) is 38.8 Å². The van der Waals surface area contributed by atoms with Crippen molar-refractivity contribution in [2.24, 2.45) is 0 Å². The van der Waals surface area contributed by atoms with E-state index in [1.165, 1.54) is 5.56 Å². The van der Waals surface area contributed by atoms with Crippen molar-refractivity contribution in [3.05, 3.63) is 35.9 Å². The van der Waals surface area contributed by atoms with Crippen LogP contribution in [0.4, 0.5) is 0 Å². The van der Waals surface area contributed by atoms with Crippen LogP contribution in [0.3, 0.4) is 0 Å². The Bertz CT molecular complexity index is 400. The van der Waals surface area contributed by atoms with E-state index < -0.39 is 0 Å². The maximum Gasteiger partial charge on any atom is 0.236 e. The predicted molar refractivity (Wildman–Crippen MR) is 73.4 cm³/mol. The molecular weight excluding hydrogens is 224 g/mol. The number of rotatable bonds is 3. The molecule has 0 bridgehead atoms. The number of hydrogen-bond donors (Lipinski definition) is 1. The Balaban J connectivity index is 2.03. The molecule has 1 amide bonds. The monoisotopic (exact) mass is 246 g/mol. The van der Waals surface area contributed by atoms with Crippen LogP contribution in [0.1, 0.15) is 25.8 Å². The molecule has 18 heavy (non-hydrogen) atoms. The first-order chi connectivity index (χ1) is 8.59. The van der Waals surface area contributed by atoms with E-state index in [-0.39, 0.29) is 11.4 Å². The smallest absolute Gasteiger partial charge is 0.236 e. The molecule has 98 valence electrons. The minimum absolute atomic E-state index is 0.0463. The van der Waals surface area contributed by atoms with Crippen molar-refractivity contribution in [2.75, 3.05) is 19.6 Å². The quantitative estimate of drug-likeness (QED) is 0.882. The first-order valence-electron chi connectivity index (χ1n) is 6.65. The summed E-state index contributed by atoms with van der Waals surface area (Å²) >= 11 is 0. The van der Waals surface area contributed by atoms with Gasteiger partial charge in [-0.1, -0.05) is 30.3 Å². The molecular formula is C15H22N2O. The summed E-state index contributed by atoms with van der Waals surface area (Å²) in [6.45, 7) is 6.50. The van der Waals surface area contributed by atoms with Crippen molar-refractivity contribution in [1.82, 2.24) is 10.2 Å². The summed E-state index contributed by atoms with van der Waals surface area (Å²) in [5, 5.41) is 3.19. The summed E-state index contributed by atoms with van der Waals surface area (Å²) < 4.78 is 0. The number of nitrogens with zero attached hydrogens (tertiary/aromatic N) is 1. The topological polar surface area (TPSA) is 32.3 Å². The fourth-order valence-corrected chi connectivity index (χ4v) is 2.47. The third kappa shape index (κ3) is 3.10. The van der Waals surface area contributed by atoms with Crippen LogP contribution in [0.25, 0.3) is 0 Å². The normalized spacial score (nSPS) is 19.7. The van der Waals surface area contributed by atoms with Gasteiger partial charge in [0.1, 0.15) is 0 Å². The molecule has 1 N–H and O–H groups in total. The fraction of sp³-hybridized carbons (Fsp3) is 0.533. The van der Waals surface area contributed by atoms with Gasteiger partial charge in [0.2, 0.25) is 5.91 Å². The first kappa shape index (κ1) is 13.1. The molecule has 0 saturated carbocycles. The lowest BCUT2D eigenvalue weighted by atomic mass is 9.97. The lowest BCUT2D eigenvalue weighted by Crippen LogP contribution is -2.48. The Kier molecular flexibility index (Phi) is 4.02. The van der Waals surface area contributed by atoms with Crippen molar-refractivity contribution in [1.29, 1.82) is 0 Å². The molecule has 1 aliphatic rings. The van der Waals surface area contributed by atoms with E-state index in [1.807, 2.05) is 23.1 Å². The van der Waals surface area contributed by atoms with E-state index >= 15 is 0 Å². The number of amides is 1. The number of nitrogens with one attached hydrogen (secondary N) is 1. The predicted octanol–water partition coefficient (Wildman–Crippen LogP) is 1.83. The minimum Gasteiger partial charge on any atom is -0.336 e. The molecule has 3 nitrogen and oxygen atoms in total. The molecule has 0 unspecified atom stereocenters. The summed E-state index contributed by atoms with van der Waals surface area (Å²) in [6.07, 6.45) is 1.93. The molecule has 0 aromatic heterocycles. The van der Waals surface area contributed by atoms with Crippen molar-refractivity contribution in [3.63, 3.8) is 0 Å². The Morgan fingerprint density at radius 1 is 1.28 bits per heavy atom. The van der Waals surface area contributed by atoms with Gasteiger partial charge < -0.3 is 10.2 Å². The molecule has 3 heteroatoms. The third-order valence-corrected chi connectivity index (χ3v) is 3.69. The largest absolute Gasteiger partial charge is 0.336 e. The Morgan fingerprint density at radius 2 is 2.00 bits per heavy atom. The highest BCUT2D eigenvalue weighted by atomic mass is 16.2. The van der Waals surface area contributed by atoms with Gasteiger partial charge in [-0.2, -0.15) is 0 Å². The van der Waals surface area contributed by atoms with Crippen molar-refractivity contribution < 1.29 is 4.79 Å². The molecule has 2 rings (SSSR count). The van der Waals surface area contributed by atoms with E-state index in [1.54, 1.807) is 0 Å². The molecule has 1 aromatic rings. The zero-order chi connectivity index (χ0) is 13.0. The Morgan fingerprint density at radius 3 is 2.72 bits per heavy atom. The summed E-state index contributed by atoms with van der Waals surface area (Å²) in [6, 6.07) is 10.4. The van der Waals surface area contributed by atoms with Gasteiger partial charge in [0.15, 0.2) is 0 Å². The fourth-order valence-electron chi connectivity index (χ4n) is 2.47. The molecule has 1 aliphatic heterocycles. The maximum atomic E-state index is 12.1. The average molecular weight is 246 g/mol. The number of carbonyl (C=O) groups is 1. The highest BCUT2D eigenvalue weighted by Gasteiger charge is 2.31. The molecule has 1 fully saturated rings. The van der Waals surface area contributed by atoms with Crippen LogP contribution in [-0.4, -0.2) is 36.0 Å². The van der Waals surface area contributed by atoms with E-state index in [9.17, 15) is 4.79 Å². The van der Waals surface area contributed by atoms with E-state index in [2.05, 4.69) is 31.3 Å². The van der Waals surface area contributed by atoms with Crippen LogP contribution in [-0.2, 0) is 11.2 Å². The third-order valence-electron chi connectivity index (χ3n) is 3.69. The van der Waals surface area contributed by atoms with Gasteiger partial charge in [-0.25, -0.2) is 0 Å². The van der Waals surface area contributed by atoms with Crippen LogP contribution in [0.5, 0.6) is 0 Å². The van der Waals surface area contributed by atoms with E-state index in [0.29, 0.717) is 6.54 Å². The molecule has 0 aliphatic carbocycles. The molecule has 1 saturated heterocycles. The number of benzene rings is 1. The highest BCUT2D eigenvalue weighted by Crippen LogP contribution is 2.21. The van der Waals surface area contributed by atoms with E-state index in [0.717, 1.165) is 25.9 Å². The lowest BCUT2D eigenvalue weighted by molar-refractivity contribution is -0.134. The standard InChI is InChI=1S/C15H22N2O/c1-15(2)9-10-16-12-14(18)17(15)11-8-13-6-4-3-5-7-13/h3-7,16H,8-12H2,1-2H3. The summed E-state index contributed by atoms with van der Waals surface area (Å²) in [7, 11) is 0. The van der Waals surface area contributed by atoms with E-state index in [4.69, 9.17) is 0 Å². The molecule has 1 aromatic carbocycles. The van der Waals surface area contributed by atoms with Crippen LogP contribution < -0.4 is 5.32 Å². The molecule has 1 heterocycles. The second-order valence-corrected chi connectivity index (χ2v) is 5.52. The second kappa shape index (κ2) is 5.53.